The molecule has 0 heterocycles. The molecule has 0 aliphatic carbocycles. The Morgan fingerprint density at radius 3 is 1.40 bits per heavy atom. The highest BCUT2D eigenvalue weighted by Gasteiger charge is 2.50. The van der Waals surface area contributed by atoms with Crippen LogP contribution in [0.5, 0.6) is 0 Å². The maximum atomic E-state index is 2.49. The monoisotopic (exact) mass is 305 g/mol. The van der Waals surface area contributed by atoms with Crippen molar-refractivity contribution in [1.29, 1.82) is 0 Å². The highest BCUT2D eigenvalue weighted by Crippen LogP contribution is 2.41. The second kappa shape index (κ2) is 7.08. The predicted molar refractivity (Wildman–Crippen MR) is 98.0 cm³/mol. The fraction of sp³-hybridized carbons (Fsp3) is 0.667. The minimum absolute atomic E-state index is 0.389. The normalized spacial score (nSPS) is 13.2. The third kappa shape index (κ3) is 3.11. The number of hydrogen-bond donors (Lipinski definition) is 0. The van der Waals surface area contributed by atoms with Crippen molar-refractivity contribution >= 4 is 21.1 Å². The Labute approximate surface area is 129 Å². The van der Waals surface area contributed by atoms with Gasteiger partial charge >= 0.3 is 0 Å². The van der Waals surface area contributed by atoms with Crippen LogP contribution in [0.3, 0.4) is 0 Å². The highest BCUT2D eigenvalue weighted by atomic mass is 29.2. The smallest absolute Gasteiger partial charge is 0.0656 e. The second-order valence-corrected chi connectivity index (χ2v) is 19.4. The molecule has 0 nitrogen and oxygen atoms in total. The van der Waals surface area contributed by atoms with E-state index in [9.17, 15) is 0 Å². The van der Waals surface area contributed by atoms with Gasteiger partial charge in [0, 0.05) is 0 Å². The van der Waals surface area contributed by atoms with Crippen molar-refractivity contribution in [1.82, 2.24) is 0 Å². The molecule has 0 bridgehead atoms. The lowest BCUT2D eigenvalue weighted by atomic mass is 10.4. The van der Waals surface area contributed by atoms with E-state index < -0.39 is 7.59 Å². The van der Waals surface area contributed by atoms with Crippen LogP contribution in [-0.2, 0) is 0 Å². The fourth-order valence-corrected chi connectivity index (χ4v) is 24.1. The quantitative estimate of drug-likeness (QED) is 0.604. The van der Waals surface area contributed by atoms with E-state index in [0.29, 0.717) is 0 Å². The van der Waals surface area contributed by atoms with Crippen LogP contribution in [0.2, 0.25) is 22.2 Å². The Bertz CT molecular complexity index is 377. The summed E-state index contributed by atoms with van der Waals surface area (Å²) in [6.45, 7) is 19.9. The average molecular weight is 306 g/mol. The van der Waals surface area contributed by atoms with E-state index in [-0.39, 0.29) is 8.31 Å². The molecule has 1 aromatic carbocycles. The van der Waals surface area contributed by atoms with Gasteiger partial charge in [0.25, 0.3) is 0 Å². The summed E-state index contributed by atoms with van der Waals surface area (Å²) in [6, 6.07) is 11.5. The van der Waals surface area contributed by atoms with Crippen LogP contribution < -0.4 is 5.19 Å². The van der Waals surface area contributed by atoms with Gasteiger partial charge in [0.05, 0.1) is 15.9 Å². The average Bonchev–Trinajstić information content (AvgIpc) is 2.34. The molecule has 0 atom stereocenters. The third-order valence-corrected chi connectivity index (χ3v) is 23.8. The van der Waals surface area contributed by atoms with E-state index in [2.05, 4.69) is 85.7 Å². The zero-order valence-electron chi connectivity index (χ0n) is 14.7. The van der Waals surface area contributed by atoms with Crippen LogP contribution in [0.15, 0.2) is 30.3 Å². The first-order chi connectivity index (χ1) is 9.26. The summed E-state index contributed by atoms with van der Waals surface area (Å²) in [6.07, 6.45) is 0. The third-order valence-electron chi connectivity index (χ3n) is 4.79. The summed E-state index contributed by atoms with van der Waals surface area (Å²) in [7, 11) is -1.87. The Hall–Kier alpha value is -0.346. The van der Waals surface area contributed by atoms with Crippen molar-refractivity contribution in [3.8, 4) is 0 Å². The Balaban J connectivity index is 3.55. The molecule has 2 heteroatoms. The van der Waals surface area contributed by atoms with Crippen LogP contribution in [0.1, 0.15) is 55.4 Å². The minimum atomic E-state index is -1.48. The molecule has 113 valence electrons. The van der Waals surface area contributed by atoms with Gasteiger partial charge in [-0.3, -0.25) is 0 Å². The maximum Gasteiger partial charge on any atom is 0.0830 e. The number of rotatable bonds is 6. The second-order valence-electron chi connectivity index (χ2n) is 7.31. The largest absolute Gasteiger partial charge is 0.0830 e. The van der Waals surface area contributed by atoms with Crippen LogP contribution >= 0.6 is 0 Å². The van der Waals surface area contributed by atoms with Gasteiger partial charge < -0.3 is 0 Å². The van der Waals surface area contributed by atoms with Gasteiger partial charge in [-0.25, -0.2) is 0 Å². The number of benzene rings is 1. The first kappa shape index (κ1) is 17.7. The van der Waals surface area contributed by atoms with E-state index >= 15 is 0 Å². The Kier molecular flexibility index (Phi) is 6.27. The van der Waals surface area contributed by atoms with E-state index in [1.165, 1.54) is 0 Å². The molecule has 1 rings (SSSR count). The lowest BCUT2D eigenvalue weighted by Gasteiger charge is -2.49. The van der Waals surface area contributed by atoms with Gasteiger partial charge in [-0.2, -0.15) is 0 Å². The molecule has 0 saturated heterocycles. The lowest BCUT2D eigenvalue weighted by molar-refractivity contribution is 0.898. The molecule has 0 saturated carbocycles. The van der Waals surface area contributed by atoms with Gasteiger partial charge in [0.15, 0.2) is 0 Å². The van der Waals surface area contributed by atoms with Crippen LogP contribution in [0.25, 0.3) is 0 Å². The van der Waals surface area contributed by atoms with Gasteiger partial charge in [-0.1, -0.05) is 102 Å². The predicted octanol–water partition coefficient (Wildman–Crippen LogP) is 5.56. The van der Waals surface area contributed by atoms with Crippen molar-refractivity contribution in [2.75, 3.05) is 0 Å². The fourth-order valence-electron chi connectivity index (χ4n) is 4.50. The maximum absolute atomic E-state index is 2.49. The molecule has 0 aliphatic rings. The molecular weight excluding hydrogens is 272 g/mol. The molecule has 0 aromatic heterocycles. The molecule has 0 spiro atoms. The zero-order valence-corrected chi connectivity index (χ0v) is 16.7. The molecule has 0 unspecified atom stereocenters. The zero-order chi connectivity index (χ0) is 15.5. The van der Waals surface area contributed by atoms with Gasteiger partial charge in [-0.15, -0.1) is 0 Å². The molecular formula is C18H33Si2. The molecule has 1 aromatic rings. The van der Waals surface area contributed by atoms with Crippen LogP contribution in [-0.4, -0.2) is 15.9 Å². The molecule has 0 fully saturated rings. The van der Waals surface area contributed by atoms with Gasteiger partial charge in [0.2, 0.25) is 0 Å². The minimum Gasteiger partial charge on any atom is -0.0656 e. The van der Waals surface area contributed by atoms with Crippen molar-refractivity contribution in [2.24, 2.45) is 0 Å². The Morgan fingerprint density at radius 2 is 1.10 bits per heavy atom. The van der Waals surface area contributed by atoms with Gasteiger partial charge in [0.1, 0.15) is 0 Å². The van der Waals surface area contributed by atoms with Gasteiger partial charge in [-0.05, 0) is 11.1 Å². The van der Waals surface area contributed by atoms with Crippen LogP contribution in [0, 0.1) is 0 Å². The molecule has 1 radical (unpaired) electrons. The van der Waals surface area contributed by atoms with Crippen molar-refractivity contribution in [2.45, 2.75) is 77.6 Å². The first-order valence-electron chi connectivity index (χ1n) is 8.18. The van der Waals surface area contributed by atoms with Crippen molar-refractivity contribution in [3.05, 3.63) is 30.3 Å². The summed E-state index contributed by atoms with van der Waals surface area (Å²) in [5.74, 6) is 0. The van der Waals surface area contributed by atoms with E-state index in [1.807, 2.05) is 0 Å². The Morgan fingerprint density at radius 1 is 0.700 bits per heavy atom. The molecule has 0 N–H and O–H groups in total. The topological polar surface area (TPSA) is 0 Å². The number of hydrogen-bond acceptors (Lipinski definition) is 0. The van der Waals surface area contributed by atoms with Crippen LogP contribution in [0.4, 0.5) is 0 Å². The molecule has 20 heavy (non-hydrogen) atoms. The summed E-state index contributed by atoms with van der Waals surface area (Å²) >= 11 is 0. The van der Waals surface area contributed by atoms with Crippen molar-refractivity contribution in [3.63, 3.8) is 0 Å². The standard InChI is InChI=1S/C18H33Si2/c1-14(2)19(15(3)4)20(16(5)6,17(7)8)18-12-10-9-11-13-18/h9-17H,1-8H3. The summed E-state index contributed by atoms with van der Waals surface area (Å²) in [5.41, 5.74) is 3.36. The summed E-state index contributed by atoms with van der Waals surface area (Å²) in [5, 5.41) is 1.71. The SMILES string of the molecule is CC(C)[Si](C(C)C)[Si](c1ccccc1)(C(C)C)C(C)C. The van der Waals surface area contributed by atoms with E-state index in [0.717, 1.165) is 22.2 Å². The molecule has 0 aliphatic heterocycles. The summed E-state index contributed by atoms with van der Waals surface area (Å²) in [4.78, 5) is 0. The molecule has 0 amide bonds. The lowest BCUT2D eigenvalue weighted by Crippen LogP contribution is -2.66. The first-order valence-corrected chi connectivity index (χ1v) is 13.0. The summed E-state index contributed by atoms with van der Waals surface area (Å²) < 4.78 is 0. The van der Waals surface area contributed by atoms with Crippen molar-refractivity contribution < 1.29 is 0 Å². The van der Waals surface area contributed by atoms with E-state index in [1.54, 1.807) is 5.19 Å². The van der Waals surface area contributed by atoms with E-state index in [4.69, 9.17) is 0 Å². The highest BCUT2D eigenvalue weighted by molar-refractivity contribution is 7.40.